The van der Waals surface area contributed by atoms with Gasteiger partial charge in [0.2, 0.25) is 0 Å². The van der Waals surface area contributed by atoms with Crippen molar-refractivity contribution in [3.05, 3.63) is 200 Å². The van der Waals surface area contributed by atoms with E-state index >= 15 is 0 Å². The molecule has 8 rings (SSSR count). The molecule has 4 heterocycles. The molecule has 66 heavy (non-hydrogen) atoms. The Balaban J connectivity index is 0.000000196. The molecule has 0 radical (unpaired) electrons. The van der Waals surface area contributed by atoms with E-state index in [1.165, 1.54) is 13.8 Å². The first-order chi connectivity index (χ1) is 31.7. The summed E-state index contributed by atoms with van der Waals surface area (Å²) in [5.74, 6) is -1.64. The summed E-state index contributed by atoms with van der Waals surface area (Å²) in [4.78, 5) is 62.2. The van der Waals surface area contributed by atoms with E-state index < -0.39 is 60.6 Å². The standard InChI is InChI=1S/2C25H22Cl2N2O4/c2*1-15(30)32-23(18-11-13-28-14-12-18)24-25(31)29(2)21(16-3-7-19(26)8-4-16)22(33-24)17-5-9-20(27)10-6-17/h2*3-14,21-24H,1-2H3/t2*21-,22+,23?,24+/m10/s1. The van der Waals surface area contributed by atoms with Crippen LogP contribution < -0.4 is 0 Å². The molecule has 340 valence electrons. The van der Waals surface area contributed by atoms with Gasteiger partial charge in [-0.2, -0.15) is 0 Å². The lowest BCUT2D eigenvalue weighted by molar-refractivity contribution is -0.194. The Bertz CT molecular complexity index is 2430. The number of esters is 2. The van der Waals surface area contributed by atoms with Crippen molar-refractivity contribution in [1.29, 1.82) is 0 Å². The maximum Gasteiger partial charge on any atom is 0.303 e. The predicted molar refractivity (Wildman–Crippen MR) is 250 cm³/mol. The average Bonchev–Trinajstić information content (AvgIpc) is 3.31. The number of pyridine rings is 2. The van der Waals surface area contributed by atoms with Crippen LogP contribution in [-0.4, -0.2) is 69.8 Å². The van der Waals surface area contributed by atoms with Gasteiger partial charge in [0.25, 0.3) is 11.8 Å². The van der Waals surface area contributed by atoms with E-state index in [1.807, 2.05) is 48.5 Å². The van der Waals surface area contributed by atoms with Crippen molar-refractivity contribution in [2.75, 3.05) is 14.1 Å². The number of ether oxygens (including phenoxy) is 4. The minimum Gasteiger partial charge on any atom is -0.454 e. The van der Waals surface area contributed by atoms with Gasteiger partial charge in [0.1, 0.15) is 12.2 Å². The van der Waals surface area contributed by atoms with Crippen LogP contribution in [0.1, 0.15) is 83.7 Å². The highest BCUT2D eigenvalue weighted by Crippen LogP contribution is 2.46. The highest BCUT2D eigenvalue weighted by molar-refractivity contribution is 6.31. The third kappa shape index (κ3) is 11.2. The van der Waals surface area contributed by atoms with E-state index in [4.69, 9.17) is 65.4 Å². The lowest BCUT2D eigenvalue weighted by Gasteiger charge is -2.44. The highest BCUT2D eigenvalue weighted by Gasteiger charge is 2.48. The van der Waals surface area contributed by atoms with Gasteiger partial charge in [0.15, 0.2) is 24.4 Å². The maximum atomic E-state index is 13.6. The molecule has 2 fully saturated rings. The highest BCUT2D eigenvalue weighted by atomic mass is 35.5. The number of rotatable bonds is 10. The van der Waals surface area contributed by atoms with Crippen molar-refractivity contribution < 1.29 is 38.1 Å². The minimum absolute atomic E-state index is 0.303. The number of hydrogen-bond acceptors (Lipinski definition) is 10. The summed E-state index contributed by atoms with van der Waals surface area (Å²) in [7, 11) is 3.44. The zero-order valence-electron chi connectivity index (χ0n) is 36.0. The second-order valence-corrected chi connectivity index (χ2v) is 17.3. The average molecular weight is 971 g/mol. The predicted octanol–water partition coefficient (Wildman–Crippen LogP) is 10.7. The maximum absolute atomic E-state index is 13.6. The van der Waals surface area contributed by atoms with E-state index in [0.717, 1.165) is 22.3 Å². The fraction of sp³-hybridized carbons (Fsp3) is 0.240. The summed E-state index contributed by atoms with van der Waals surface area (Å²) in [5.41, 5.74) is 4.63. The molecular formula is C50H44Cl4N4O8. The fourth-order valence-corrected chi connectivity index (χ4v) is 8.59. The second-order valence-electron chi connectivity index (χ2n) is 15.6. The third-order valence-electron chi connectivity index (χ3n) is 11.2. The molecule has 2 amide bonds. The molecule has 0 bridgehead atoms. The van der Waals surface area contributed by atoms with Crippen LogP contribution in [-0.2, 0) is 38.1 Å². The molecule has 2 saturated heterocycles. The van der Waals surface area contributed by atoms with Crippen LogP contribution in [0.2, 0.25) is 20.1 Å². The molecule has 4 aromatic carbocycles. The van der Waals surface area contributed by atoms with Crippen LogP contribution in [0.25, 0.3) is 0 Å². The Morgan fingerprint density at radius 1 is 0.485 bits per heavy atom. The SMILES string of the molecule is CC(=O)OC(c1ccncc1)[C@@H]1O[C@@H](c2ccc(Cl)cc2)[C@@H](c2ccc(Cl)cc2)N(C)C1=O.CC(=O)OC(c1ccncc1)[C@H]1O[C@H](c2ccc(Cl)cc2)[C@H](c2ccc(Cl)cc2)N(C)C1=O. The van der Waals surface area contributed by atoms with Crippen molar-refractivity contribution in [3.8, 4) is 0 Å². The molecule has 0 spiro atoms. The van der Waals surface area contributed by atoms with Crippen molar-refractivity contribution in [3.63, 3.8) is 0 Å². The van der Waals surface area contributed by atoms with Crippen molar-refractivity contribution in [2.24, 2.45) is 0 Å². The summed E-state index contributed by atoms with van der Waals surface area (Å²) in [6.45, 7) is 2.61. The van der Waals surface area contributed by atoms with Crippen LogP contribution in [0.3, 0.4) is 0 Å². The topological polar surface area (TPSA) is 137 Å². The van der Waals surface area contributed by atoms with E-state index in [2.05, 4.69) is 9.97 Å². The first kappa shape index (κ1) is 48.1. The van der Waals surface area contributed by atoms with Crippen LogP contribution in [0.4, 0.5) is 0 Å². The van der Waals surface area contributed by atoms with Gasteiger partial charge in [0.05, 0.1) is 12.1 Å². The quantitative estimate of drug-likeness (QED) is 0.122. The van der Waals surface area contributed by atoms with Gasteiger partial charge in [-0.05, 0) is 106 Å². The largest absolute Gasteiger partial charge is 0.454 e. The summed E-state index contributed by atoms with van der Waals surface area (Å²) >= 11 is 24.4. The molecule has 0 aliphatic carbocycles. The zero-order valence-corrected chi connectivity index (χ0v) is 39.1. The number of aromatic nitrogens is 2. The summed E-state index contributed by atoms with van der Waals surface area (Å²) in [6, 6.07) is 35.1. The molecular weight excluding hydrogens is 926 g/mol. The summed E-state index contributed by atoms with van der Waals surface area (Å²) in [5, 5.41) is 2.37. The molecule has 16 heteroatoms. The molecule has 2 unspecified atom stereocenters. The molecule has 12 nitrogen and oxygen atoms in total. The first-order valence-corrected chi connectivity index (χ1v) is 22.2. The van der Waals surface area contributed by atoms with Crippen LogP contribution in [0.15, 0.2) is 146 Å². The van der Waals surface area contributed by atoms with E-state index in [0.29, 0.717) is 31.2 Å². The van der Waals surface area contributed by atoms with Gasteiger partial charge in [-0.1, -0.05) is 94.9 Å². The van der Waals surface area contributed by atoms with Crippen LogP contribution in [0.5, 0.6) is 0 Å². The number of halogens is 4. The normalized spacial score (nSPS) is 21.5. The molecule has 2 aliphatic heterocycles. The lowest BCUT2D eigenvalue weighted by Crippen LogP contribution is -2.51. The number of likely N-dealkylation sites (N-methyl/N-ethyl adjacent to an activating group) is 2. The Kier molecular flexibility index (Phi) is 15.8. The number of benzene rings is 4. The number of nitrogens with zero attached hydrogens (tertiary/aromatic N) is 4. The van der Waals surface area contributed by atoms with E-state index in [9.17, 15) is 19.2 Å². The molecule has 0 N–H and O–H groups in total. The van der Waals surface area contributed by atoms with E-state index in [1.54, 1.807) is 121 Å². The van der Waals surface area contributed by atoms with Gasteiger partial charge in [-0.3, -0.25) is 29.1 Å². The second kappa shape index (κ2) is 21.6. The van der Waals surface area contributed by atoms with Crippen molar-refractivity contribution >= 4 is 70.2 Å². The number of hydrogen-bond donors (Lipinski definition) is 0. The van der Waals surface area contributed by atoms with Gasteiger partial charge < -0.3 is 28.7 Å². The van der Waals surface area contributed by atoms with Gasteiger partial charge in [-0.25, -0.2) is 0 Å². The first-order valence-electron chi connectivity index (χ1n) is 20.7. The van der Waals surface area contributed by atoms with Crippen molar-refractivity contribution in [1.82, 2.24) is 19.8 Å². The molecule has 2 aromatic heterocycles. The lowest BCUT2D eigenvalue weighted by atomic mass is 9.90. The molecule has 8 atom stereocenters. The van der Waals surface area contributed by atoms with Gasteiger partial charge in [0, 0.05) is 72.8 Å². The Labute approximate surface area is 402 Å². The van der Waals surface area contributed by atoms with Gasteiger partial charge in [-0.15, -0.1) is 0 Å². The van der Waals surface area contributed by atoms with Crippen molar-refractivity contribution in [2.45, 2.75) is 62.6 Å². The number of carbonyl (C=O) groups is 4. The Morgan fingerprint density at radius 3 is 1.03 bits per heavy atom. The molecule has 2 aliphatic rings. The summed E-state index contributed by atoms with van der Waals surface area (Å²) in [6.07, 6.45) is 1.27. The number of amides is 2. The van der Waals surface area contributed by atoms with Gasteiger partial charge >= 0.3 is 11.9 Å². The Morgan fingerprint density at radius 2 is 0.758 bits per heavy atom. The molecule has 0 saturated carbocycles. The number of carbonyl (C=O) groups excluding carboxylic acids is 4. The Hall–Kier alpha value is -5.86. The molecule has 6 aromatic rings. The monoisotopic (exact) mass is 968 g/mol. The van der Waals surface area contributed by atoms with E-state index in [-0.39, 0.29) is 11.8 Å². The zero-order chi connectivity index (χ0) is 47.1. The number of morpholine rings is 2. The fourth-order valence-electron chi connectivity index (χ4n) is 8.08. The summed E-state index contributed by atoms with van der Waals surface area (Å²) < 4.78 is 24.0. The minimum atomic E-state index is -1.05. The van der Waals surface area contributed by atoms with Crippen LogP contribution in [0, 0.1) is 0 Å². The third-order valence-corrected chi connectivity index (χ3v) is 12.2. The smallest absolute Gasteiger partial charge is 0.303 e. The van der Waals surface area contributed by atoms with Crippen LogP contribution >= 0.6 is 46.4 Å².